The van der Waals surface area contributed by atoms with Gasteiger partial charge in [0.1, 0.15) is 12.4 Å². The number of nitrogens with two attached hydrogens (primary N) is 1. The lowest BCUT2D eigenvalue weighted by atomic mass is 9.97. The summed E-state index contributed by atoms with van der Waals surface area (Å²) in [6.07, 6.45) is 1.12. The zero-order valence-electron chi connectivity index (χ0n) is 16.6. The largest absolute Gasteiger partial charge is 0.484 e. The van der Waals surface area contributed by atoms with Gasteiger partial charge < -0.3 is 25.4 Å². The van der Waals surface area contributed by atoms with Crippen LogP contribution in [-0.4, -0.2) is 42.5 Å². The predicted molar refractivity (Wildman–Crippen MR) is 111 cm³/mol. The number of nitrogens with one attached hydrogen (secondary N) is 1. The number of rotatable bonds is 7. The second kappa shape index (κ2) is 10.3. The number of ether oxygens (including phenoxy) is 2. The predicted octanol–water partition coefficient (Wildman–Crippen LogP) is 2.54. The summed E-state index contributed by atoms with van der Waals surface area (Å²) in [5.41, 5.74) is 6.56. The van der Waals surface area contributed by atoms with Crippen molar-refractivity contribution < 1.29 is 23.9 Å². The van der Waals surface area contributed by atoms with Gasteiger partial charge in [-0.3, -0.25) is 9.59 Å². The van der Waals surface area contributed by atoms with Crippen molar-refractivity contribution in [1.82, 2.24) is 4.90 Å². The number of carbonyl (C=O) groups is 3. The highest BCUT2D eigenvalue weighted by Gasteiger charge is 2.28. The molecular formula is C22H25N3O5. The molecule has 0 radical (unpaired) electrons. The van der Waals surface area contributed by atoms with Crippen LogP contribution in [0.5, 0.6) is 5.75 Å². The van der Waals surface area contributed by atoms with E-state index in [1.54, 1.807) is 29.2 Å². The minimum atomic E-state index is -0.560. The second-order valence-corrected chi connectivity index (χ2v) is 7.07. The van der Waals surface area contributed by atoms with E-state index in [9.17, 15) is 14.4 Å². The molecular weight excluding hydrogens is 386 g/mol. The van der Waals surface area contributed by atoms with Crippen molar-refractivity contribution in [3.63, 3.8) is 0 Å². The van der Waals surface area contributed by atoms with E-state index in [0.29, 0.717) is 31.7 Å². The number of hydrogen-bond donors (Lipinski definition) is 2. The monoisotopic (exact) mass is 411 g/mol. The summed E-state index contributed by atoms with van der Waals surface area (Å²) in [7, 11) is 0. The van der Waals surface area contributed by atoms with Crippen molar-refractivity contribution >= 4 is 23.6 Å². The molecule has 30 heavy (non-hydrogen) atoms. The number of esters is 1. The first-order valence-electron chi connectivity index (χ1n) is 9.79. The van der Waals surface area contributed by atoms with E-state index in [1.165, 1.54) is 0 Å². The Hall–Kier alpha value is -3.55. The van der Waals surface area contributed by atoms with E-state index >= 15 is 0 Å². The maximum Gasteiger partial charge on any atom is 0.321 e. The quantitative estimate of drug-likeness (QED) is 0.680. The van der Waals surface area contributed by atoms with Gasteiger partial charge in [-0.2, -0.15) is 0 Å². The zero-order valence-corrected chi connectivity index (χ0v) is 16.6. The summed E-state index contributed by atoms with van der Waals surface area (Å²) in [5.74, 6) is -0.586. The van der Waals surface area contributed by atoms with E-state index in [2.05, 4.69) is 5.32 Å². The van der Waals surface area contributed by atoms with Crippen LogP contribution in [0.1, 0.15) is 18.4 Å². The van der Waals surface area contributed by atoms with E-state index in [-0.39, 0.29) is 31.1 Å². The average Bonchev–Trinajstić information content (AvgIpc) is 2.77. The van der Waals surface area contributed by atoms with Crippen LogP contribution in [0.15, 0.2) is 54.6 Å². The van der Waals surface area contributed by atoms with E-state index in [0.717, 1.165) is 11.3 Å². The first-order valence-corrected chi connectivity index (χ1v) is 9.79. The molecule has 3 rings (SSSR count). The number of amides is 3. The number of likely N-dealkylation sites (tertiary alicyclic amines) is 1. The number of carbonyl (C=O) groups excluding carboxylic acids is 3. The molecule has 2 aromatic rings. The van der Waals surface area contributed by atoms with Crippen molar-refractivity contribution in [3.05, 3.63) is 60.2 Å². The van der Waals surface area contributed by atoms with Crippen molar-refractivity contribution in [2.24, 2.45) is 11.7 Å². The number of nitrogens with zero attached hydrogens (tertiary/aromatic N) is 1. The van der Waals surface area contributed by atoms with Crippen LogP contribution in [0.2, 0.25) is 0 Å². The van der Waals surface area contributed by atoms with Crippen molar-refractivity contribution in [3.8, 4) is 5.75 Å². The Balaban J connectivity index is 1.42. The number of anilines is 1. The number of urea groups is 1. The van der Waals surface area contributed by atoms with Crippen LogP contribution < -0.4 is 15.8 Å². The van der Waals surface area contributed by atoms with Crippen molar-refractivity contribution in [2.75, 3.05) is 25.0 Å². The fourth-order valence-corrected chi connectivity index (χ4v) is 3.19. The summed E-state index contributed by atoms with van der Waals surface area (Å²) in [6.45, 7) is 0.894. The first kappa shape index (κ1) is 21.2. The third kappa shape index (κ3) is 6.23. The molecule has 0 aliphatic carbocycles. The Morgan fingerprint density at radius 3 is 2.47 bits per heavy atom. The Bertz CT molecular complexity index is 879. The fourth-order valence-electron chi connectivity index (χ4n) is 3.19. The van der Waals surface area contributed by atoms with Crippen LogP contribution in [0.4, 0.5) is 10.5 Å². The van der Waals surface area contributed by atoms with Gasteiger partial charge in [0.25, 0.3) is 5.91 Å². The minimum absolute atomic E-state index is 0.112. The van der Waals surface area contributed by atoms with Gasteiger partial charge in [-0.25, -0.2) is 4.79 Å². The van der Waals surface area contributed by atoms with Gasteiger partial charge in [0, 0.05) is 18.8 Å². The Morgan fingerprint density at radius 1 is 1.03 bits per heavy atom. The van der Waals surface area contributed by atoms with Gasteiger partial charge in [-0.15, -0.1) is 0 Å². The Labute approximate surface area is 174 Å². The van der Waals surface area contributed by atoms with E-state index < -0.39 is 5.91 Å². The average molecular weight is 411 g/mol. The summed E-state index contributed by atoms with van der Waals surface area (Å²) in [4.78, 5) is 37.3. The molecule has 8 heteroatoms. The topological polar surface area (TPSA) is 111 Å². The number of benzene rings is 2. The van der Waals surface area contributed by atoms with Crippen molar-refractivity contribution in [2.45, 2.75) is 19.4 Å². The van der Waals surface area contributed by atoms with Crippen LogP contribution in [0, 0.1) is 5.92 Å². The van der Waals surface area contributed by atoms with Crippen LogP contribution in [-0.2, 0) is 20.9 Å². The third-order valence-corrected chi connectivity index (χ3v) is 4.80. The Morgan fingerprint density at radius 2 is 1.77 bits per heavy atom. The number of piperidine rings is 1. The molecule has 0 saturated carbocycles. The fraction of sp³-hybridized carbons (Fsp3) is 0.318. The van der Waals surface area contributed by atoms with Crippen LogP contribution in [0.3, 0.4) is 0 Å². The highest BCUT2D eigenvalue weighted by molar-refractivity contribution is 5.89. The lowest BCUT2D eigenvalue weighted by Gasteiger charge is -2.31. The second-order valence-electron chi connectivity index (χ2n) is 7.07. The first-order chi connectivity index (χ1) is 14.5. The number of primary amides is 1. The SMILES string of the molecule is NC(=O)COc1cccc(COC(=O)C2CCN(C(=O)Nc3ccccc3)CC2)c1. The summed E-state index contributed by atoms with van der Waals surface area (Å²) in [5, 5.41) is 2.85. The van der Waals surface area contributed by atoms with Gasteiger partial charge in [0.05, 0.1) is 5.92 Å². The minimum Gasteiger partial charge on any atom is -0.484 e. The molecule has 1 saturated heterocycles. The van der Waals surface area contributed by atoms with Gasteiger partial charge in [0.2, 0.25) is 0 Å². The third-order valence-electron chi connectivity index (χ3n) is 4.80. The van der Waals surface area contributed by atoms with Gasteiger partial charge in [0.15, 0.2) is 6.61 Å². The molecule has 0 unspecified atom stereocenters. The molecule has 0 aromatic heterocycles. The van der Waals surface area contributed by atoms with Crippen LogP contribution in [0.25, 0.3) is 0 Å². The molecule has 0 atom stereocenters. The van der Waals surface area contributed by atoms with E-state index in [4.69, 9.17) is 15.2 Å². The molecule has 8 nitrogen and oxygen atoms in total. The highest BCUT2D eigenvalue weighted by atomic mass is 16.5. The molecule has 3 amide bonds. The normalized spacial score (nSPS) is 14.1. The molecule has 1 heterocycles. The number of hydrogen-bond acceptors (Lipinski definition) is 5. The maximum absolute atomic E-state index is 12.4. The molecule has 0 bridgehead atoms. The number of para-hydroxylation sites is 1. The maximum atomic E-state index is 12.4. The van der Waals surface area contributed by atoms with Gasteiger partial charge in [-0.1, -0.05) is 30.3 Å². The molecule has 1 aliphatic rings. The van der Waals surface area contributed by atoms with Crippen molar-refractivity contribution in [1.29, 1.82) is 0 Å². The highest BCUT2D eigenvalue weighted by Crippen LogP contribution is 2.21. The molecule has 2 aromatic carbocycles. The molecule has 1 aliphatic heterocycles. The lowest BCUT2D eigenvalue weighted by molar-refractivity contribution is -0.151. The summed E-state index contributed by atoms with van der Waals surface area (Å²) < 4.78 is 10.7. The Kier molecular flexibility index (Phi) is 7.26. The molecule has 0 spiro atoms. The molecule has 158 valence electrons. The van der Waals surface area contributed by atoms with E-state index in [1.807, 2.05) is 30.3 Å². The summed E-state index contributed by atoms with van der Waals surface area (Å²) >= 11 is 0. The zero-order chi connectivity index (χ0) is 21.3. The van der Waals surface area contributed by atoms with Gasteiger partial charge >= 0.3 is 12.0 Å². The summed E-state index contributed by atoms with van der Waals surface area (Å²) in [6, 6.07) is 16.1. The van der Waals surface area contributed by atoms with Gasteiger partial charge in [-0.05, 0) is 42.7 Å². The standard InChI is InChI=1S/C22H25N3O5/c23-20(26)15-29-19-8-4-5-16(13-19)14-30-21(27)17-9-11-25(12-10-17)22(28)24-18-6-2-1-3-7-18/h1-8,13,17H,9-12,14-15H2,(H2,23,26)(H,24,28). The molecule has 1 fully saturated rings. The lowest BCUT2D eigenvalue weighted by Crippen LogP contribution is -2.42. The smallest absolute Gasteiger partial charge is 0.321 e. The van der Waals surface area contributed by atoms with Crippen LogP contribution >= 0.6 is 0 Å². The molecule has 3 N–H and O–H groups in total.